The molecular weight excluding hydrogens is 656 g/mol. The summed E-state index contributed by atoms with van der Waals surface area (Å²) in [7, 11) is -2.70. The van der Waals surface area contributed by atoms with E-state index in [1.54, 1.807) is 0 Å². The molecular formula is C34H37BrN2O7Si. The maximum absolute atomic E-state index is 13.2. The number of alkyl halides is 1. The molecule has 5 aromatic rings. The zero-order valence-corrected chi connectivity index (χ0v) is 28.3. The van der Waals surface area contributed by atoms with E-state index < -0.39 is 30.6 Å². The predicted molar refractivity (Wildman–Crippen MR) is 184 cm³/mol. The maximum atomic E-state index is 13.2. The molecule has 236 valence electrons. The number of halogens is 1. The molecule has 0 aliphatic heterocycles. The summed E-state index contributed by atoms with van der Waals surface area (Å²) < 4.78 is 20.3. The van der Waals surface area contributed by atoms with Crippen LogP contribution in [0.4, 0.5) is 0 Å². The largest absolute Gasteiger partial charge is 0.405 e. The van der Waals surface area contributed by atoms with Gasteiger partial charge in [-0.15, -0.1) is 0 Å². The summed E-state index contributed by atoms with van der Waals surface area (Å²) in [4.78, 5) is 52.2. The zero-order chi connectivity index (χ0) is 32.2. The molecule has 11 heteroatoms. The fraction of sp³-hybridized carbons (Fsp3) is 0.353. The second-order valence-corrected chi connectivity index (χ2v) is 17.0. The van der Waals surface area contributed by atoms with E-state index in [1.807, 2.05) is 36.4 Å². The van der Waals surface area contributed by atoms with Gasteiger partial charge in [-0.1, -0.05) is 97.4 Å². The van der Waals surface area contributed by atoms with Gasteiger partial charge in [-0.05, 0) is 27.5 Å². The van der Waals surface area contributed by atoms with Gasteiger partial charge in [0.05, 0.1) is 67.7 Å². The first kappa shape index (κ1) is 32.9. The van der Waals surface area contributed by atoms with Gasteiger partial charge in [-0.3, -0.25) is 28.3 Å². The molecule has 3 aromatic carbocycles. The average molecular weight is 694 g/mol. The highest BCUT2D eigenvalue weighted by Crippen LogP contribution is 2.36. The molecule has 9 nitrogen and oxygen atoms in total. The van der Waals surface area contributed by atoms with Crippen molar-refractivity contribution in [3.8, 4) is 0 Å². The van der Waals surface area contributed by atoms with E-state index >= 15 is 0 Å². The highest BCUT2D eigenvalue weighted by atomic mass is 79.9. The van der Waals surface area contributed by atoms with Crippen LogP contribution in [0.2, 0.25) is 5.04 Å². The Morgan fingerprint density at radius 1 is 0.600 bits per heavy atom. The third kappa shape index (κ3) is 6.32. The Morgan fingerprint density at radius 2 is 1.00 bits per heavy atom. The first-order valence-electron chi connectivity index (χ1n) is 15.0. The van der Waals surface area contributed by atoms with Crippen molar-refractivity contribution in [2.24, 2.45) is 0 Å². The van der Waals surface area contributed by atoms with E-state index in [9.17, 15) is 19.2 Å². The number of aromatic nitrogens is 2. The summed E-state index contributed by atoms with van der Waals surface area (Å²) in [6, 6.07) is 23.4. The van der Waals surface area contributed by atoms with Gasteiger partial charge in [0.1, 0.15) is 0 Å². The van der Waals surface area contributed by atoms with Crippen LogP contribution in [0.15, 0.2) is 92.0 Å². The lowest BCUT2D eigenvalue weighted by molar-refractivity contribution is 0.0907. The molecule has 0 unspecified atom stereocenters. The Kier molecular flexibility index (Phi) is 10.1. The monoisotopic (exact) mass is 692 g/mol. The average Bonchev–Trinajstić information content (AvgIpc) is 3.41. The highest BCUT2D eigenvalue weighted by molar-refractivity contribution is 9.09. The Bertz CT molecular complexity index is 1860. The molecule has 45 heavy (non-hydrogen) atoms. The third-order valence-corrected chi connectivity index (χ3v) is 13.5. The molecule has 0 amide bonds. The summed E-state index contributed by atoms with van der Waals surface area (Å²) in [6.07, 6.45) is 0. The van der Waals surface area contributed by atoms with Crippen LogP contribution in [0.3, 0.4) is 0 Å². The number of rotatable bonds is 14. The minimum atomic E-state index is -2.70. The number of fused-ring (bicyclic) bond motifs is 2. The second kappa shape index (κ2) is 13.9. The van der Waals surface area contributed by atoms with Gasteiger partial charge in [0.15, 0.2) is 0 Å². The van der Waals surface area contributed by atoms with Gasteiger partial charge in [0, 0.05) is 5.33 Å². The molecule has 0 bridgehead atoms. The highest BCUT2D eigenvalue weighted by Gasteiger charge is 2.50. The second-order valence-electron chi connectivity index (χ2n) is 11.9. The molecule has 0 N–H and O–H groups in total. The molecule has 5 rings (SSSR count). The minimum Gasteiger partial charge on any atom is -0.405 e. The number of hydrogen-bond acceptors (Lipinski definition) is 7. The topological polar surface area (TPSA) is 106 Å². The van der Waals surface area contributed by atoms with E-state index in [1.165, 1.54) is 22.5 Å². The summed E-state index contributed by atoms with van der Waals surface area (Å²) >= 11 is 3.26. The number of nitrogens with zero attached hydrogens (tertiary/aromatic N) is 2. The van der Waals surface area contributed by atoms with Gasteiger partial charge < -0.3 is 13.9 Å². The summed E-state index contributed by atoms with van der Waals surface area (Å²) in [6.45, 7) is 8.13. The summed E-state index contributed by atoms with van der Waals surface area (Å²) in [5, 5.41) is 3.30. The lowest BCUT2D eigenvalue weighted by Crippen LogP contribution is -2.66. The van der Waals surface area contributed by atoms with E-state index in [0.29, 0.717) is 18.5 Å². The first-order valence-corrected chi connectivity index (χ1v) is 18.0. The summed E-state index contributed by atoms with van der Waals surface area (Å²) in [5.74, 6) is 0. The fourth-order valence-electron chi connectivity index (χ4n) is 6.07. The molecule has 0 fully saturated rings. The fourth-order valence-corrected chi connectivity index (χ4v) is 10.8. The maximum Gasteiger partial charge on any atom is 0.261 e. The van der Waals surface area contributed by atoms with E-state index in [2.05, 4.69) is 61.0 Å². The van der Waals surface area contributed by atoms with E-state index in [4.69, 9.17) is 13.9 Å². The number of benzene rings is 3. The van der Waals surface area contributed by atoms with Crippen LogP contribution in [0, 0.1) is 0 Å². The minimum absolute atomic E-state index is 0.0369. The van der Waals surface area contributed by atoms with Crippen molar-refractivity contribution in [1.29, 1.82) is 0 Å². The molecule has 0 saturated carbocycles. The standard InChI is InChI=1S/C34H37BrN2O7Si/c1-34(2,3)45(24-10-6-4-7-11-24,25-12-8-5-9-13-25)44-21-20-43-19-16-37-32(40)28-22-26-27(23-29(28)33(37)41)31(39)36(30(26)38)15-18-42-17-14-35/h4-13,22-23H,14-21H2,1-3H3. The predicted octanol–water partition coefficient (Wildman–Crippen LogP) is 2.92. The van der Waals surface area contributed by atoms with Crippen molar-refractivity contribution in [3.05, 3.63) is 114 Å². The zero-order valence-electron chi connectivity index (χ0n) is 25.7. The Labute approximate surface area is 269 Å². The van der Waals surface area contributed by atoms with Crippen molar-refractivity contribution in [2.75, 3.05) is 38.4 Å². The molecule has 0 saturated heterocycles. The number of hydrogen-bond donors (Lipinski definition) is 0. The normalized spacial score (nSPS) is 12.4. The van der Waals surface area contributed by atoms with Crippen molar-refractivity contribution in [2.45, 2.75) is 38.9 Å². The van der Waals surface area contributed by atoms with Crippen molar-refractivity contribution < 1.29 is 13.9 Å². The lowest BCUT2D eigenvalue weighted by Gasteiger charge is -2.43. The Hall–Kier alpha value is -3.48. The van der Waals surface area contributed by atoms with Crippen LogP contribution in [-0.4, -0.2) is 55.8 Å². The van der Waals surface area contributed by atoms with Crippen LogP contribution >= 0.6 is 15.9 Å². The molecule has 2 heterocycles. The van der Waals surface area contributed by atoms with Gasteiger partial charge >= 0.3 is 0 Å². The van der Waals surface area contributed by atoms with Crippen molar-refractivity contribution >= 4 is 56.2 Å². The van der Waals surface area contributed by atoms with Crippen LogP contribution in [0.25, 0.3) is 21.5 Å². The van der Waals surface area contributed by atoms with Crippen LogP contribution < -0.4 is 32.6 Å². The molecule has 0 aliphatic rings. The van der Waals surface area contributed by atoms with E-state index in [0.717, 1.165) is 9.13 Å². The quantitative estimate of drug-likeness (QED) is 0.100. The number of ether oxygens (including phenoxy) is 2. The third-order valence-electron chi connectivity index (χ3n) is 8.16. The Balaban J connectivity index is 1.29. The molecule has 0 aliphatic carbocycles. The molecule has 0 atom stereocenters. The van der Waals surface area contributed by atoms with Crippen LogP contribution in [0.5, 0.6) is 0 Å². The first-order chi connectivity index (χ1) is 21.6. The van der Waals surface area contributed by atoms with Gasteiger partial charge in [-0.25, -0.2) is 0 Å². The van der Waals surface area contributed by atoms with Gasteiger partial charge in [-0.2, -0.15) is 0 Å². The van der Waals surface area contributed by atoms with E-state index in [-0.39, 0.29) is 59.5 Å². The molecule has 2 aromatic heterocycles. The smallest absolute Gasteiger partial charge is 0.261 e. The van der Waals surface area contributed by atoms with Crippen molar-refractivity contribution in [1.82, 2.24) is 9.13 Å². The van der Waals surface area contributed by atoms with Gasteiger partial charge in [0.2, 0.25) is 0 Å². The molecule has 0 spiro atoms. The van der Waals surface area contributed by atoms with Crippen LogP contribution in [0.1, 0.15) is 20.8 Å². The van der Waals surface area contributed by atoms with Gasteiger partial charge in [0.25, 0.3) is 30.6 Å². The SMILES string of the molecule is CC(C)(C)[Si](OCCOCCn1c(=O)c2cc3c(=O)n(CCOCCBr)c(=O)c3cc2c1=O)(c1ccccc1)c1ccccc1. The lowest BCUT2D eigenvalue weighted by atomic mass is 10.1. The van der Waals surface area contributed by atoms with Crippen molar-refractivity contribution in [3.63, 3.8) is 0 Å². The van der Waals surface area contributed by atoms with Crippen LogP contribution in [-0.2, 0) is 27.0 Å². The molecule has 0 radical (unpaired) electrons. The summed E-state index contributed by atoms with van der Waals surface area (Å²) in [5.41, 5.74) is -2.01. The Morgan fingerprint density at radius 3 is 1.38 bits per heavy atom.